The van der Waals surface area contributed by atoms with Crippen LogP contribution in [-0.4, -0.2) is 25.5 Å². The Morgan fingerprint density at radius 1 is 0.903 bits per heavy atom. The molecule has 0 bridgehead atoms. The topological polar surface area (TPSA) is 44.8 Å². The van der Waals surface area contributed by atoms with Gasteiger partial charge in [0.2, 0.25) is 0 Å². The summed E-state index contributed by atoms with van der Waals surface area (Å²) in [5.74, 6) is 1.67. The second kappa shape index (κ2) is 11.9. The van der Waals surface area contributed by atoms with Crippen molar-refractivity contribution >= 4 is 5.97 Å². The van der Waals surface area contributed by atoms with Crippen molar-refractivity contribution in [3.63, 3.8) is 0 Å². The summed E-state index contributed by atoms with van der Waals surface area (Å²) in [5, 5.41) is 0. The van der Waals surface area contributed by atoms with E-state index in [9.17, 15) is 4.79 Å². The van der Waals surface area contributed by atoms with Gasteiger partial charge in [0.15, 0.2) is 6.29 Å². The van der Waals surface area contributed by atoms with Gasteiger partial charge in [-0.3, -0.25) is 4.79 Å². The Hall–Kier alpha value is -2.33. The summed E-state index contributed by atoms with van der Waals surface area (Å²) in [7, 11) is 0. The first kappa shape index (κ1) is 24.9. The van der Waals surface area contributed by atoms with Crippen molar-refractivity contribution in [2.75, 3.05) is 13.2 Å². The zero-order valence-electron chi connectivity index (χ0n) is 19.9. The maximum atomic E-state index is 11.9. The van der Waals surface area contributed by atoms with Crippen LogP contribution >= 0.6 is 0 Å². The number of carbonyl (C=O) groups excluding carboxylic acids is 1. The van der Waals surface area contributed by atoms with E-state index in [2.05, 4.69) is 46.8 Å². The molecule has 0 heterocycles. The number of carbonyl (C=O) groups is 1. The molecule has 0 radical (unpaired) electrons. The van der Waals surface area contributed by atoms with Crippen molar-refractivity contribution in [3.05, 3.63) is 65.7 Å². The molecule has 0 spiro atoms. The molecule has 0 saturated heterocycles. The second-order valence-electron chi connectivity index (χ2n) is 9.56. The molecule has 4 nitrogen and oxygen atoms in total. The predicted molar refractivity (Wildman–Crippen MR) is 125 cm³/mol. The van der Waals surface area contributed by atoms with E-state index in [1.54, 1.807) is 0 Å². The Bertz CT molecular complexity index is 775. The normalized spacial score (nSPS) is 13.6. The zero-order valence-corrected chi connectivity index (χ0v) is 19.9. The number of hydrogen-bond donors (Lipinski definition) is 0. The van der Waals surface area contributed by atoms with E-state index >= 15 is 0 Å². The van der Waals surface area contributed by atoms with Crippen LogP contribution in [0.25, 0.3) is 0 Å². The average Bonchev–Trinajstić information content (AvgIpc) is 2.70. The van der Waals surface area contributed by atoms with Gasteiger partial charge in [-0.2, -0.15) is 0 Å². The van der Waals surface area contributed by atoms with Gasteiger partial charge in [-0.25, -0.2) is 0 Å². The Morgan fingerprint density at radius 3 is 2.13 bits per heavy atom. The van der Waals surface area contributed by atoms with E-state index in [-0.39, 0.29) is 24.4 Å². The molecule has 0 aliphatic carbocycles. The van der Waals surface area contributed by atoms with Crippen molar-refractivity contribution in [3.8, 4) is 5.75 Å². The quantitative estimate of drug-likeness (QED) is 0.237. The second-order valence-corrected chi connectivity index (χ2v) is 9.56. The molecule has 4 heteroatoms. The molecular formula is C27H38O4. The van der Waals surface area contributed by atoms with Gasteiger partial charge in [-0.05, 0) is 53.9 Å². The smallest absolute Gasteiger partial charge is 0.310 e. The van der Waals surface area contributed by atoms with Gasteiger partial charge >= 0.3 is 5.97 Å². The highest BCUT2D eigenvalue weighted by atomic mass is 16.7. The summed E-state index contributed by atoms with van der Waals surface area (Å²) in [6.07, 6.45) is 1.01. The number of hydrogen-bond acceptors (Lipinski definition) is 4. The maximum absolute atomic E-state index is 11.9. The van der Waals surface area contributed by atoms with Crippen molar-refractivity contribution in [2.45, 2.75) is 66.6 Å². The third-order valence-electron chi connectivity index (χ3n) is 5.23. The van der Waals surface area contributed by atoms with E-state index in [0.717, 1.165) is 17.7 Å². The van der Waals surface area contributed by atoms with Crippen LogP contribution < -0.4 is 4.74 Å². The lowest BCUT2D eigenvalue weighted by atomic mass is 9.72. The van der Waals surface area contributed by atoms with E-state index in [4.69, 9.17) is 14.2 Å². The van der Waals surface area contributed by atoms with Crippen molar-refractivity contribution in [2.24, 2.45) is 11.3 Å². The minimum absolute atomic E-state index is 0.209. The standard InChI is InChI=1S/C27H38O4/c1-20(2)18-25(27(4,5)6)23-12-14-24(15-13-23)31-21(3)29-16-17-30-26(28)19-22-10-8-7-9-11-22/h7-15,20-21,25H,16-19H2,1-6H3. The summed E-state index contributed by atoms with van der Waals surface area (Å²) >= 11 is 0. The SMILES string of the molecule is CC(C)CC(c1ccc(OC(C)OCCOC(=O)Cc2ccccc2)cc1)C(C)(C)C. The Labute approximate surface area is 187 Å². The average molecular weight is 427 g/mol. The monoisotopic (exact) mass is 426 g/mol. The van der Waals surface area contributed by atoms with Gasteiger partial charge in [0, 0.05) is 0 Å². The van der Waals surface area contributed by atoms with Crippen molar-refractivity contribution in [1.82, 2.24) is 0 Å². The molecule has 0 aliphatic rings. The van der Waals surface area contributed by atoms with Crippen LogP contribution in [0, 0.1) is 11.3 Å². The van der Waals surface area contributed by atoms with E-state index in [1.165, 1.54) is 5.56 Å². The Morgan fingerprint density at radius 2 is 1.55 bits per heavy atom. The molecule has 0 N–H and O–H groups in total. The number of esters is 1. The molecule has 0 aromatic heterocycles. The van der Waals surface area contributed by atoms with E-state index in [0.29, 0.717) is 18.4 Å². The highest BCUT2D eigenvalue weighted by molar-refractivity contribution is 5.72. The van der Waals surface area contributed by atoms with Crippen LogP contribution in [0.4, 0.5) is 0 Å². The third kappa shape index (κ3) is 9.14. The maximum Gasteiger partial charge on any atom is 0.310 e. The molecule has 2 aromatic carbocycles. The Balaban J connectivity index is 1.75. The summed E-state index contributed by atoms with van der Waals surface area (Å²) in [6.45, 7) is 13.8. The van der Waals surface area contributed by atoms with Crippen molar-refractivity contribution < 1.29 is 19.0 Å². The fourth-order valence-electron chi connectivity index (χ4n) is 3.65. The molecule has 31 heavy (non-hydrogen) atoms. The minimum Gasteiger partial charge on any atom is -0.465 e. The summed E-state index contributed by atoms with van der Waals surface area (Å²) in [4.78, 5) is 11.9. The van der Waals surface area contributed by atoms with Gasteiger partial charge < -0.3 is 14.2 Å². The van der Waals surface area contributed by atoms with Crippen LogP contribution in [-0.2, 0) is 20.7 Å². The van der Waals surface area contributed by atoms with Crippen LogP contribution in [0.3, 0.4) is 0 Å². The summed E-state index contributed by atoms with van der Waals surface area (Å²) in [6, 6.07) is 17.9. The highest BCUT2D eigenvalue weighted by Gasteiger charge is 2.26. The molecule has 2 atom stereocenters. The van der Waals surface area contributed by atoms with Crippen LogP contribution in [0.2, 0.25) is 0 Å². The number of benzene rings is 2. The molecule has 2 unspecified atom stereocenters. The summed E-state index contributed by atoms with van der Waals surface area (Å²) in [5.41, 5.74) is 2.49. The number of ether oxygens (including phenoxy) is 3. The zero-order chi connectivity index (χ0) is 22.9. The minimum atomic E-state index is -0.423. The first-order chi connectivity index (χ1) is 14.6. The van der Waals surface area contributed by atoms with Gasteiger partial charge in [-0.15, -0.1) is 0 Å². The van der Waals surface area contributed by atoms with Gasteiger partial charge in [0.05, 0.1) is 13.0 Å². The van der Waals surface area contributed by atoms with Gasteiger partial charge in [-0.1, -0.05) is 77.1 Å². The predicted octanol–water partition coefficient (Wildman–Crippen LogP) is 6.39. The van der Waals surface area contributed by atoms with Gasteiger partial charge in [0.1, 0.15) is 12.4 Å². The van der Waals surface area contributed by atoms with Crippen LogP contribution in [0.5, 0.6) is 5.75 Å². The largest absolute Gasteiger partial charge is 0.465 e. The lowest BCUT2D eigenvalue weighted by Gasteiger charge is -2.32. The van der Waals surface area contributed by atoms with Gasteiger partial charge in [0.25, 0.3) is 0 Å². The molecular weight excluding hydrogens is 388 g/mol. The molecule has 0 amide bonds. The van der Waals surface area contributed by atoms with Crippen LogP contribution in [0.1, 0.15) is 65.0 Å². The lowest BCUT2D eigenvalue weighted by Crippen LogP contribution is -2.21. The molecule has 2 rings (SSSR count). The lowest BCUT2D eigenvalue weighted by molar-refractivity contribution is -0.147. The van der Waals surface area contributed by atoms with E-state index < -0.39 is 6.29 Å². The molecule has 170 valence electrons. The summed E-state index contributed by atoms with van der Waals surface area (Å²) < 4.78 is 16.7. The number of rotatable bonds is 11. The fourth-order valence-corrected chi connectivity index (χ4v) is 3.65. The Kier molecular flexibility index (Phi) is 9.57. The first-order valence-electron chi connectivity index (χ1n) is 11.2. The molecule has 0 aliphatic heterocycles. The third-order valence-corrected chi connectivity index (χ3v) is 5.23. The molecule has 2 aromatic rings. The molecule has 0 fully saturated rings. The highest BCUT2D eigenvalue weighted by Crippen LogP contribution is 2.40. The fraction of sp³-hybridized carbons (Fsp3) is 0.519. The molecule has 0 saturated carbocycles. The van der Waals surface area contributed by atoms with Crippen LogP contribution in [0.15, 0.2) is 54.6 Å². The first-order valence-corrected chi connectivity index (χ1v) is 11.2. The van der Waals surface area contributed by atoms with E-state index in [1.807, 2.05) is 49.4 Å². The van der Waals surface area contributed by atoms with Crippen molar-refractivity contribution in [1.29, 1.82) is 0 Å².